The van der Waals surface area contributed by atoms with E-state index in [1.54, 1.807) is 12.1 Å². The smallest absolute Gasteiger partial charge is 0.423 e. The number of nitrogens with zero attached hydrogens (tertiary/aromatic N) is 1. The van der Waals surface area contributed by atoms with Crippen molar-refractivity contribution in [3.8, 4) is 11.1 Å². The minimum Gasteiger partial charge on any atom is -0.423 e. The van der Waals surface area contributed by atoms with Gasteiger partial charge in [-0.3, -0.25) is 0 Å². The van der Waals surface area contributed by atoms with Crippen molar-refractivity contribution < 1.29 is 10.0 Å². The van der Waals surface area contributed by atoms with Crippen molar-refractivity contribution in [2.24, 2.45) is 0 Å². The summed E-state index contributed by atoms with van der Waals surface area (Å²) in [6.07, 6.45) is 0. The second-order valence-electron chi connectivity index (χ2n) is 11.0. The van der Waals surface area contributed by atoms with E-state index in [4.69, 9.17) is 0 Å². The number of rotatable bonds is 5. The van der Waals surface area contributed by atoms with Gasteiger partial charge in [-0.05, 0) is 64.1 Å². The number of benzene rings is 4. The van der Waals surface area contributed by atoms with Gasteiger partial charge in [-0.1, -0.05) is 93.3 Å². The number of anilines is 3. The Kier molecular flexibility index (Phi) is 5.75. The van der Waals surface area contributed by atoms with Gasteiger partial charge in [0.1, 0.15) is 0 Å². The van der Waals surface area contributed by atoms with Crippen LogP contribution in [0.4, 0.5) is 17.1 Å². The maximum atomic E-state index is 9.59. The van der Waals surface area contributed by atoms with E-state index in [0.29, 0.717) is 5.46 Å². The first-order valence-electron chi connectivity index (χ1n) is 12.2. The molecule has 0 fully saturated rings. The van der Waals surface area contributed by atoms with Crippen LogP contribution in [0.1, 0.15) is 25.0 Å². The van der Waals surface area contributed by atoms with Crippen molar-refractivity contribution in [2.45, 2.75) is 38.9 Å². The SMILES string of the molecule is CC1(C)c2ccccc2-c2ccc(N(c3ccc(B(O)O)cc3)c3ccc([Si](C)(C)C)cc3)cc21. The Hall–Kier alpha value is -3.12. The van der Waals surface area contributed by atoms with Crippen LogP contribution in [-0.2, 0) is 5.41 Å². The fraction of sp³-hybridized carbons (Fsp3) is 0.200. The van der Waals surface area contributed by atoms with Crippen LogP contribution in [0.5, 0.6) is 0 Å². The van der Waals surface area contributed by atoms with Crippen molar-refractivity contribution in [3.05, 3.63) is 102 Å². The summed E-state index contributed by atoms with van der Waals surface area (Å²) in [6, 6.07) is 31.8. The molecule has 0 heterocycles. The minimum atomic E-state index is -1.48. The van der Waals surface area contributed by atoms with Gasteiger partial charge in [-0.15, -0.1) is 0 Å². The van der Waals surface area contributed by atoms with Crippen LogP contribution in [0.2, 0.25) is 19.6 Å². The van der Waals surface area contributed by atoms with Gasteiger partial charge in [0.05, 0.1) is 8.07 Å². The fourth-order valence-electron chi connectivity index (χ4n) is 5.18. The maximum absolute atomic E-state index is 9.59. The quantitative estimate of drug-likeness (QED) is 0.363. The number of hydrogen-bond acceptors (Lipinski definition) is 3. The molecule has 35 heavy (non-hydrogen) atoms. The molecule has 0 amide bonds. The van der Waals surface area contributed by atoms with Crippen LogP contribution in [0.15, 0.2) is 91.0 Å². The lowest BCUT2D eigenvalue weighted by Crippen LogP contribution is -2.37. The Morgan fingerprint density at radius 3 is 1.80 bits per heavy atom. The van der Waals surface area contributed by atoms with Gasteiger partial charge in [0.15, 0.2) is 0 Å². The summed E-state index contributed by atoms with van der Waals surface area (Å²) in [4.78, 5) is 2.25. The molecule has 0 radical (unpaired) electrons. The van der Waals surface area contributed by atoms with Gasteiger partial charge in [-0.25, -0.2) is 0 Å². The molecule has 4 aromatic carbocycles. The molecule has 1 aliphatic rings. The van der Waals surface area contributed by atoms with Gasteiger partial charge in [0.25, 0.3) is 0 Å². The maximum Gasteiger partial charge on any atom is 0.488 e. The highest BCUT2D eigenvalue weighted by Crippen LogP contribution is 2.50. The van der Waals surface area contributed by atoms with Gasteiger partial charge in [0.2, 0.25) is 0 Å². The lowest BCUT2D eigenvalue weighted by molar-refractivity contribution is 0.426. The Balaban J connectivity index is 1.65. The zero-order valence-electron chi connectivity index (χ0n) is 21.1. The van der Waals surface area contributed by atoms with Crippen molar-refractivity contribution in [3.63, 3.8) is 0 Å². The third-order valence-corrected chi connectivity index (χ3v) is 9.33. The zero-order chi connectivity index (χ0) is 25.0. The molecule has 0 atom stereocenters. The molecule has 0 aliphatic heterocycles. The van der Waals surface area contributed by atoms with E-state index < -0.39 is 15.2 Å². The van der Waals surface area contributed by atoms with E-state index >= 15 is 0 Å². The molecule has 4 aromatic rings. The van der Waals surface area contributed by atoms with Crippen molar-refractivity contribution >= 4 is 42.9 Å². The van der Waals surface area contributed by atoms with Crippen LogP contribution in [0, 0.1) is 0 Å². The average Bonchev–Trinajstić information content (AvgIpc) is 3.06. The summed E-state index contributed by atoms with van der Waals surface area (Å²) in [6.45, 7) is 11.7. The molecule has 2 N–H and O–H groups in total. The number of hydrogen-bond donors (Lipinski definition) is 2. The van der Waals surface area contributed by atoms with Crippen LogP contribution < -0.4 is 15.5 Å². The van der Waals surface area contributed by atoms with Crippen LogP contribution >= 0.6 is 0 Å². The standard InChI is InChI=1S/C30H32BNO2Si/c1-30(2)28-9-7-6-8-26(28)27-19-16-24(20-29(27)30)32(22-12-10-21(11-13-22)31(33)34)23-14-17-25(18-15-23)35(3,4)5/h6-20,33-34H,1-5H3. The molecule has 0 unspecified atom stereocenters. The summed E-state index contributed by atoms with van der Waals surface area (Å²) in [5.74, 6) is 0. The summed E-state index contributed by atoms with van der Waals surface area (Å²) in [7, 11) is -2.89. The normalized spacial score (nSPS) is 13.8. The lowest BCUT2D eigenvalue weighted by atomic mass is 9.80. The zero-order valence-corrected chi connectivity index (χ0v) is 22.1. The Morgan fingerprint density at radius 2 is 1.20 bits per heavy atom. The second-order valence-corrected chi connectivity index (χ2v) is 16.1. The topological polar surface area (TPSA) is 43.7 Å². The van der Waals surface area contributed by atoms with E-state index in [9.17, 15) is 10.0 Å². The van der Waals surface area contributed by atoms with E-state index in [2.05, 4.69) is 105 Å². The van der Waals surface area contributed by atoms with Crippen LogP contribution in [0.3, 0.4) is 0 Å². The summed E-state index contributed by atoms with van der Waals surface area (Å²) >= 11 is 0. The molecule has 0 saturated carbocycles. The first-order valence-corrected chi connectivity index (χ1v) is 15.7. The third kappa shape index (κ3) is 4.14. The van der Waals surface area contributed by atoms with E-state index in [-0.39, 0.29) is 5.41 Å². The highest BCUT2D eigenvalue weighted by Gasteiger charge is 2.35. The highest BCUT2D eigenvalue weighted by molar-refractivity contribution is 6.88. The Labute approximate surface area is 209 Å². The van der Waals surface area contributed by atoms with E-state index in [0.717, 1.165) is 17.1 Å². The first kappa shape index (κ1) is 23.6. The molecular formula is C30H32BNO2Si. The molecular weight excluding hydrogens is 445 g/mol. The second kappa shape index (κ2) is 8.52. The minimum absolute atomic E-state index is 0.0832. The molecule has 176 valence electrons. The molecule has 5 heteroatoms. The van der Waals surface area contributed by atoms with Crippen LogP contribution in [-0.4, -0.2) is 25.2 Å². The molecule has 0 spiro atoms. The Morgan fingerprint density at radius 1 is 0.657 bits per heavy atom. The van der Waals surface area contributed by atoms with Crippen molar-refractivity contribution in [1.82, 2.24) is 0 Å². The van der Waals surface area contributed by atoms with Gasteiger partial charge in [0, 0.05) is 22.5 Å². The number of fused-ring (bicyclic) bond motifs is 3. The molecule has 0 aromatic heterocycles. The van der Waals surface area contributed by atoms with Gasteiger partial charge >= 0.3 is 7.12 Å². The molecule has 1 aliphatic carbocycles. The monoisotopic (exact) mass is 477 g/mol. The predicted octanol–water partition coefficient (Wildman–Crippen LogP) is 5.69. The van der Waals surface area contributed by atoms with Crippen LogP contribution in [0.25, 0.3) is 11.1 Å². The largest absolute Gasteiger partial charge is 0.488 e. The van der Waals surface area contributed by atoms with Crippen molar-refractivity contribution in [2.75, 3.05) is 4.90 Å². The van der Waals surface area contributed by atoms with Crippen molar-refractivity contribution in [1.29, 1.82) is 0 Å². The first-order chi connectivity index (χ1) is 16.6. The fourth-order valence-corrected chi connectivity index (χ4v) is 6.35. The average molecular weight is 477 g/mol. The summed E-state index contributed by atoms with van der Waals surface area (Å²) in [5, 5.41) is 20.6. The molecule has 3 nitrogen and oxygen atoms in total. The predicted molar refractivity (Wildman–Crippen MR) is 151 cm³/mol. The van der Waals surface area contributed by atoms with E-state index in [1.807, 2.05) is 12.1 Å². The highest BCUT2D eigenvalue weighted by atomic mass is 28.3. The summed E-state index contributed by atoms with van der Waals surface area (Å²) < 4.78 is 0. The third-order valence-electron chi connectivity index (χ3n) is 7.27. The van der Waals surface area contributed by atoms with Gasteiger partial charge in [-0.2, -0.15) is 0 Å². The molecule has 0 bridgehead atoms. The molecule has 5 rings (SSSR count). The lowest BCUT2D eigenvalue weighted by Gasteiger charge is -2.29. The Bertz CT molecular complexity index is 1370. The summed E-state index contributed by atoms with van der Waals surface area (Å²) in [5.41, 5.74) is 8.83. The van der Waals surface area contributed by atoms with Gasteiger partial charge < -0.3 is 14.9 Å². The molecule has 0 saturated heterocycles. The van der Waals surface area contributed by atoms with E-state index in [1.165, 1.54) is 27.4 Å².